The van der Waals surface area contributed by atoms with Crippen molar-refractivity contribution >= 4 is 27.3 Å². The Kier molecular flexibility index (Phi) is 4.45. The maximum absolute atomic E-state index is 12.4. The monoisotopic (exact) mass is 330 g/mol. The number of sulfonamides is 1. The van der Waals surface area contributed by atoms with Gasteiger partial charge in [-0.15, -0.1) is 11.3 Å². The lowest BCUT2D eigenvalue weighted by Crippen LogP contribution is -2.25. The zero-order valence-corrected chi connectivity index (χ0v) is 13.3. The summed E-state index contributed by atoms with van der Waals surface area (Å²) < 4.78 is 36.6. The molecule has 0 aliphatic carbocycles. The molecule has 2 aromatic rings. The first-order valence-corrected chi connectivity index (χ1v) is 8.29. The van der Waals surface area contributed by atoms with E-state index in [4.69, 9.17) is 4.52 Å². The van der Waals surface area contributed by atoms with Gasteiger partial charge in [0.25, 0.3) is 0 Å². The summed E-state index contributed by atoms with van der Waals surface area (Å²) in [4.78, 5) is 11.6. The third-order valence-electron chi connectivity index (χ3n) is 2.68. The normalized spacial score (nSPS) is 11.6. The maximum atomic E-state index is 12.4. The smallest absolute Gasteiger partial charge is 0.349 e. The summed E-state index contributed by atoms with van der Waals surface area (Å²) in [6.07, 6.45) is 0. The molecule has 0 spiro atoms. The molecule has 1 N–H and O–H groups in total. The van der Waals surface area contributed by atoms with E-state index in [1.807, 2.05) is 0 Å². The van der Waals surface area contributed by atoms with Gasteiger partial charge in [0.05, 0.1) is 19.3 Å². The number of methoxy groups -OCH3 is 1. The molecule has 7 nitrogen and oxygen atoms in total. The quantitative estimate of drug-likeness (QED) is 0.836. The minimum atomic E-state index is -3.84. The molecule has 2 aromatic heterocycles. The second kappa shape index (κ2) is 5.96. The van der Waals surface area contributed by atoms with E-state index in [9.17, 15) is 13.2 Å². The summed E-state index contributed by atoms with van der Waals surface area (Å²) in [6, 6.07) is 1.63. The molecular weight excluding hydrogens is 316 g/mol. The van der Waals surface area contributed by atoms with Crippen LogP contribution < -0.4 is 4.72 Å². The highest BCUT2D eigenvalue weighted by molar-refractivity contribution is 7.89. The molecule has 0 amide bonds. The van der Waals surface area contributed by atoms with Gasteiger partial charge in [-0.25, -0.2) is 17.9 Å². The van der Waals surface area contributed by atoms with Crippen LogP contribution in [0, 0.1) is 13.8 Å². The predicted octanol–water partition coefficient (Wildman–Crippen LogP) is 1.62. The van der Waals surface area contributed by atoms with Gasteiger partial charge in [-0.3, -0.25) is 0 Å². The van der Waals surface area contributed by atoms with Crippen molar-refractivity contribution < 1.29 is 22.5 Å². The van der Waals surface area contributed by atoms with Gasteiger partial charge < -0.3 is 9.26 Å². The van der Waals surface area contributed by atoms with Gasteiger partial charge in [-0.1, -0.05) is 5.16 Å². The Bertz CT molecular complexity index is 760. The average Bonchev–Trinajstić information content (AvgIpc) is 3.02. The summed E-state index contributed by atoms with van der Waals surface area (Å²) in [7, 11) is -2.64. The number of carbonyl (C=O) groups excluding carboxylic acids is 1. The fraction of sp³-hybridized carbons (Fsp3) is 0.333. The maximum Gasteiger partial charge on any atom is 0.349 e. The van der Waals surface area contributed by atoms with Gasteiger partial charge in [-0.2, -0.15) is 0 Å². The molecule has 0 saturated heterocycles. The molecule has 0 bridgehead atoms. The highest BCUT2D eigenvalue weighted by Crippen LogP contribution is 2.27. The standard InChI is InChI=1S/C12H14N2O5S2/c1-7-6-20-10(12(15)18-3)11(7)21(16,17)13-5-9-4-8(2)19-14-9/h4,6,13H,5H2,1-3H3. The van der Waals surface area contributed by atoms with E-state index in [1.165, 1.54) is 7.11 Å². The summed E-state index contributed by atoms with van der Waals surface area (Å²) in [5, 5.41) is 5.30. The van der Waals surface area contributed by atoms with Crippen molar-refractivity contribution in [2.45, 2.75) is 25.3 Å². The summed E-state index contributed by atoms with van der Waals surface area (Å²) in [6.45, 7) is 3.32. The highest BCUT2D eigenvalue weighted by Gasteiger charge is 2.27. The zero-order chi connectivity index (χ0) is 15.6. The molecule has 21 heavy (non-hydrogen) atoms. The molecule has 0 fully saturated rings. The molecule has 0 aromatic carbocycles. The number of rotatable bonds is 5. The van der Waals surface area contributed by atoms with Crippen molar-refractivity contribution in [2.24, 2.45) is 0 Å². The second-order valence-corrected chi connectivity index (χ2v) is 6.91. The van der Waals surface area contributed by atoms with Crippen LogP contribution in [0.5, 0.6) is 0 Å². The van der Waals surface area contributed by atoms with Crippen LogP contribution in [0.4, 0.5) is 0 Å². The van der Waals surface area contributed by atoms with Crippen molar-refractivity contribution in [3.8, 4) is 0 Å². The third kappa shape index (κ3) is 3.31. The first kappa shape index (κ1) is 15.7. The number of nitrogens with one attached hydrogen (secondary N) is 1. The second-order valence-electron chi connectivity index (χ2n) is 4.32. The molecule has 0 atom stereocenters. The SMILES string of the molecule is COC(=O)c1scc(C)c1S(=O)(=O)NCc1cc(C)on1. The van der Waals surface area contributed by atoms with Crippen molar-refractivity contribution in [2.75, 3.05) is 7.11 Å². The van der Waals surface area contributed by atoms with Gasteiger partial charge in [0.15, 0.2) is 0 Å². The average molecular weight is 330 g/mol. The van der Waals surface area contributed by atoms with Crippen LogP contribution in [0.3, 0.4) is 0 Å². The van der Waals surface area contributed by atoms with E-state index in [-0.39, 0.29) is 16.3 Å². The molecule has 2 rings (SSSR count). The molecule has 0 saturated carbocycles. The largest absolute Gasteiger partial charge is 0.465 e. The number of ether oxygens (including phenoxy) is 1. The molecule has 0 unspecified atom stereocenters. The fourth-order valence-corrected chi connectivity index (χ4v) is 4.44. The van der Waals surface area contributed by atoms with Crippen LogP contribution in [-0.2, 0) is 21.3 Å². The number of hydrogen-bond acceptors (Lipinski definition) is 7. The van der Waals surface area contributed by atoms with E-state index in [2.05, 4.69) is 14.6 Å². The van der Waals surface area contributed by atoms with E-state index < -0.39 is 16.0 Å². The predicted molar refractivity (Wildman–Crippen MR) is 75.7 cm³/mol. The Morgan fingerprint density at radius 2 is 2.19 bits per heavy atom. The van der Waals surface area contributed by atoms with Gasteiger partial charge in [-0.05, 0) is 24.8 Å². The number of esters is 1. The molecule has 0 aliphatic heterocycles. The minimum Gasteiger partial charge on any atom is -0.465 e. The van der Waals surface area contributed by atoms with E-state index in [0.717, 1.165) is 11.3 Å². The summed E-state index contributed by atoms with van der Waals surface area (Å²) >= 11 is 1.03. The Hall–Kier alpha value is -1.71. The lowest BCUT2D eigenvalue weighted by Gasteiger charge is -2.07. The Balaban J connectivity index is 2.27. The van der Waals surface area contributed by atoms with Gasteiger partial charge in [0.2, 0.25) is 10.0 Å². The van der Waals surface area contributed by atoms with Crippen LogP contribution in [-0.4, -0.2) is 26.7 Å². The van der Waals surface area contributed by atoms with Crippen LogP contribution in [0.2, 0.25) is 0 Å². The molecule has 0 aliphatic rings. The van der Waals surface area contributed by atoms with E-state index in [0.29, 0.717) is 17.0 Å². The lowest BCUT2D eigenvalue weighted by atomic mass is 10.3. The van der Waals surface area contributed by atoms with Gasteiger partial charge in [0, 0.05) is 6.07 Å². The first-order valence-electron chi connectivity index (χ1n) is 5.93. The molecular formula is C12H14N2O5S2. The third-order valence-corrected chi connectivity index (χ3v) is 5.47. The fourth-order valence-electron chi connectivity index (χ4n) is 1.74. The molecule has 2 heterocycles. The summed E-state index contributed by atoms with van der Waals surface area (Å²) in [5.41, 5.74) is 0.952. The van der Waals surface area contributed by atoms with Gasteiger partial charge >= 0.3 is 5.97 Å². The summed E-state index contributed by atoms with van der Waals surface area (Å²) in [5.74, 6) is -0.0862. The Morgan fingerprint density at radius 3 is 2.76 bits per heavy atom. The molecule has 0 radical (unpaired) electrons. The first-order chi connectivity index (χ1) is 9.85. The number of nitrogens with zero attached hydrogens (tertiary/aromatic N) is 1. The molecule has 9 heteroatoms. The van der Waals surface area contributed by atoms with Gasteiger partial charge in [0.1, 0.15) is 15.5 Å². The number of thiophene rings is 1. The number of aromatic nitrogens is 1. The Morgan fingerprint density at radius 1 is 1.48 bits per heavy atom. The topological polar surface area (TPSA) is 98.5 Å². The molecule has 114 valence electrons. The number of aryl methyl sites for hydroxylation is 2. The number of carbonyl (C=O) groups is 1. The van der Waals surface area contributed by atoms with E-state index >= 15 is 0 Å². The van der Waals surface area contributed by atoms with E-state index in [1.54, 1.807) is 25.3 Å². The van der Waals surface area contributed by atoms with Crippen LogP contribution in [0.25, 0.3) is 0 Å². The number of hydrogen-bond donors (Lipinski definition) is 1. The van der Waals surface area contributed by atoms with Crippen molar-refractivity contribution in [1.29, 1.82) is 0 Å². The zero-order valence-electron chi connectivity index (χ0n) is 11.7. The lowest BCUT2D eigenvalue weighted by molar-refractivity contribution is 0.0602. The van der Waals surface area contributed by atoms with Crippen LogP contribution in [0.15, 0.2) is 20.9 Å². The minimum absolute atomic E-state index is 0.0183. The van der Waals surface area contributed by atoms with Crippen molar-refractivity contribution in [3.05, 3.63) is 33.3 Å². The van der Waals surface area contributed by atoms with Crippen LogP contribution >= 0.6 is 11.3 Å². The highest BCUT2D eigenvalue weighted by atomic mass is 32.2. The van der Waals surface area contributed by atoms with Crippen LogP contribution in [0.1, 0.15) is 26.7 Å². The van der Waals surface area contributed by atoms with Crippen molar-refractivity contribution in [3.63, 3.8) is 0 Å². The Labute approximate surface area is 126 Å². The van der Waals surface area contributed by atoms with Crippen molar-refractivity contribution in [1.82, 2.24) is 9.88 Å².